The summed E-state index contributed by atoms with van der Waals surface area (Å²) >= 11 is 5.88. The number of carbonyl (C=O) groups excluding carboxylic acids is 1. The molecule has 0 spiro atoms. The molecule has 0 bridgehead atoms. The van der Waals surface area contributed by atoms with Gasteiger partial charge in [0.1, 0.15) is 5.75 Å². The first-order valence-corrected chi connectivity index (χ1v) is 11.9. The molecule has 1 atom stereocenters. The zero-order valence-corrected chi connectivity index (χ0v) is 19.4. The normalized spacial score (nSPS) is 12.4. The molecule has 3 aromatic rings. The van der Waals surface area contributed by atoms with Gasteiger partial charge in [-0.25, -0.2) is 8.42 Å². The van der Waals surface area contributed by atoms with Crippen molar-refractivity contribution in [3.63, 3.8) is 0 Å². The molecule has 1 amide bonds. The van der Waals surface area contributed by atoms with E-state index in [4.69, 9.17) is 16.3 Å². The van der Waals surface area contributed by atoms with Crippen LogP contribution < -0.4 is 10.1 Å². The van der Waals surface area contributed by atoms with E-state index >= 15 is 0 Å². The summed E-state index contributed by atoms with van der Waals surface area (Å²) in [7, 11) is -2.11. The van der Waals surface area contributed by atoms with Crippen molar-refractivity contribution in [3.05, 3.63) is 95.0 Å². The smallest absolute Gasteiger partial charge is 0.258 e. The fourth-order valence-electron chi connectivity index (χ4n) is 3.08. The van der Waals surface area contributed by atoms with Crippen molar-refractivity contribution in [3.8, 4) is 5.75 Å². The summed E-state index contributed by atoms with van der Waals surface area (Å²) in [5, 5.41) is 3.48. The van der Waals surface area contributed by atoms with Gasteiger partial charge in [-0.3, -0.25) is 4.79 Å². The lowest BCUT2D eigenvalue weighted by atomic mass is 10.1. The van der Waals surface area contributed by atoms with Crippen LogP contribution in [0.5, 0.6) is 5.75 Å². The maximum absolute atomic E-state index is 12.8. The number of carbonyl (C=O) groups is 1. The molecule has 0 unspecified atom stereocenters. The number of hydrogen-bond donors (Lipinski definition) is 1. The van der Waals surface area contributed by atoms with Crippen LogP contribution in [0.4, 0.5) is 0 Å². The summed E-state index contributed by atoms with van der Waals surface area (Å²) in [6.07, 6.45) is 0. The van der Waals surface area contributed by atoms with Crippen LogP contribution in [0.2, 0.25) is 5.02 Å². The minimum absolute atomic E-state index is 0.157. The Balaban J connectivity index is 1.54. The average Bonchev–Trinajstić information content (AvgIpc) is 2.79. The molecule has 0 aliphatic carbocycles. The van der Waals surface area contributed by atoms with Crippen LogP contribution in [0.3, 0.4) is 0 Å². The molecule has 3 rings (SSSR count). The summed E-state index contributed by atoms with van der Waals surface area (Å²) in [6, 6.07) is 22.4. The molecule has 0 fully saturated rings. The first kappa shape index (κ1) is 23.8. The third-order valence-corrected chi connectivity index (χ3v) is 6.97. The van der Waals surface area contributed by atoms with Gasteiger partial charge >= 0.3 is 0 Å². The predicted octanol–water partition coefficient (Wildman–Crippen LogP) is 4.42. The van der Waals surface area contributed by atoms with Crippen LogP contribution >= 0.6 is 11.6 Å². The third-order valence-electron chi connectivity index (χ3n) is 4.90. The van der Waals surface area contributed by atoms with E-state index in [1.54, 1.807) is 31.3 Å². The van der Waals surface area contributed by atoms with Crippen LogP contribution in [0.25, 0.3) is 0 Å². The third kappa shape index (κ3) is 6.32. The second-order valence-electron chi connectivity index (χ2n) is 7.35. The first-order chi connectivity index (χ1) is 15.3. The summed E-state index contributed by atoms with van der Waals surface area (Å²) in [4.78, 5) is 12.3. The molecule has 168 valence electrons. The topological polar surface area (TPSA) is 75.7 Å². The Morgan fingerprint density at radius 2 is 1.62 bits per heavy atom. The Hall–Kier alpha value is -2.87. The molecule has 0 radical (unpaired) electrons. The molecule has 32 heavy (non-hydrogen) atoms. The molecular weight excluding hydrogens is 448 g/mol. The van der Waals surface area contributed by atoms with E-state index in [-0.39, 0.29) is 30.0 Å². The highest BCUT2D eigenvalue weighted by Gasteiger charge is 2.21. The molecule has 1 N–H and O–H groups in total. The van der Waals surface area contributed by atoms with Gasteiger partial charge in [0.25, 0.3) is 5.91 Å². The van der Waals surface area contributed by atoms with E-state index in [0.717, 1.165) is 11.1 Å². The lowest BCUT2D eigenvalue weighted by Crippen LogP contribution is -2.31. The van der Waals surface area contributed by atoms with Gasteiger partial charge in [-0.15, -0.1) is 0 Å². The number of sulfonamides is 1. The maximum Gasteiger partial charge on any atom is 0.258 e. The van der Waals surface area contributed by atoms with Gasteiger partial charge < -0.3 is 10.1 Å². The van der Waals surface area contributed by atoms with E-state index in [9.17, 15) is 13.2 Å². The SMILES string of the molecule is C[C@@H](NC(=O)COc1ccc(S(=O)(=O)N(C)Cc2ccccc2)cc1)c1ccc(Cl)cc1. The largest absolute Gasteiger partial charge is 0.484 e. The van der Waals surface area contributed by atoms with Gasteiger partial charge in [0.2, 0.25) is 10.0 Å². The monoisotopic (exact) mass is 472 g/mol. The zero-order valence-electron chi connectivity index (χ0n) is 17.9. The summed E-state index contributed by atoms with van der Waals surface area (Å²) in [6.45, 7) is 1.96. The van der Waals surface area contributed by atoms with Crippen molar-refractivity contribution in [2.75, 3.05) is 13.7 Å². The molecule has 6 nitrogen and oxygen atoms in total. The number of nitrogens with one attached hydrogen (secondary N) is 1. The summed E-state index contributed by atoms with van der Waals surface area (Å²) in [5.74, 6) is 0.121. The Kier molecular flexibility index (Phi) is 7.90. The fourth-order valence-corrected chi connectivity index (χ4v) is 4.37. The molecule has 0 aromatic heterocycles. The zero-order chi connectivity index (χ0) is 23.1. The lowest BCUT2D eigenvalue weighted by Gasteiger charge is -2.18. The van der Waals surface area contributed by atoms with Crippen LogP contribution in [0.15, 0.2) is 83.8 Å². The van der Waals surface area contributed by atoms with Crippen molar-refractivity contribution < 1.29 is 17.9 Å². The van der Waals surface area contributed by atoms with Crippen molar-refractivity contribution >= 4 is 27.5 Å². The van der Waals surface area contributed by atoms with E-state index in [2.05, 4.69) is 5.32 Å². The maximum atomic E-state index is 12.8. The Labute approximate surface area is 193 Å². The van der Waals surface area contributed by atoms with E-state index < -0.39 is 10.0 Å². The standard InChI is InChI=1S/C24H25ClN2O4S/c1-18(20-8-10-21(25)11-9-20)26-24(28)17-31-22-12-14-23(15-13-22)32(29,30)27(2)16-19-6-4-3-5-7-19/h3-15,18H,16-17H2,1-2H3,(H,26,28)/t18-/m1/s1. The summed E-state index contributed by atoms with van der Waals surface area (Å²) < 4.78 is 32.4. The molecule has 0 aliphatic rings. The molecule has 0 saturated heterocycles. The number of benzene rings is 3. The Morgan fingerprint density at radius 1 is 1.00 bits per heavy atom. The number of hydrogen-bond acceptors (Lipinski definition) is 4. The molecule has 0 heterocycles. The van der Waals surface area contributed by atoms with Crippen molar-refractivity contribution in [1.29, 1.82) is 0 Å². The number of halogens is 1. The molecule has 0 aliphatic heterocycles. The Morgan fingerprint density at radius 3 is 2.25 bits per heavy atom. The van der Waals surface area contributed by atoms with Crippen LogP contribution in [-0.4, -0.2) is 32.3 Å². The van der Waals surface area contributed by atoms with Gasteiger partial charge in [-0.1, -0.05) is 54.1 Å². The van der Waals surface area contributed by atoms with E-state index in [1.165, 1.54) is 16.4 Å². The van der Waals surface area contributed by atoms with E-state index in [1.807, 2.05) is 49.4 Å². The minimum Gasteiger partial charge on any atom is -0.484 e. The minimum atomic E-state index is -3.65. The highest BCUT2D eigenvalue weighted by molar-refractivity contribution is 7.89. The highest BCUT2D eigenvalue weighted by atomic mass is 35.5. The van der Waals surface area contributed by atoms with Crippen molar-refractivity contribution in [2.45, 2.75) is 24.4 Å². The number of nitrogens with zero attached hydrogens (tertiary/aromatic N) is 1. The van der Waals surface area contributed by atoms with Crippen LogP contribution in [-0.2, 0) is 21.4 Å². The van der Waals surface area contributed by atoms with Crippen molar-refractivity contribution in [1.82, 2.24) is 9.62 Å². The van der Waals surface area contributed by atoms with Gasteiger partial charge in [0.15, 0.2) is 6.61 Å². The predicted molar refractivity (Wildman–Crippen MR) is 125 cm³/mol. The van der Waals surface area contributed by atoms with Crippen LogP contribution in [0.1, 0.15) is 24.1 Å². The van der Waals surface area contributed by atoms with Gasteiger partial charge in [0, 0.05) is 18.6 Å². The molecule has 0 saturated carbocycles. The van der Waals surface area contributed by atoms with E-state index in [0.29, 0.717) is 10.8 Å². The number of ether oxygens (including phenoxy) is 1. The molecular formula is C24H25ClN2O4S. The van der Waals surface area contributed by atoms with Crippen LogP contribution in [0, 0.1) is 0 Å². The number of rotatable bonds is 9. The fraction of sp³-hybridized carbons (Fsp3) is 0.208. The van der Waals surface area contributed by atoms with Gasteiger partial charge in [0.05, 0.1) is 10.9 Å². The summed E-state index contributed by atoms with van der Waals surface area (Å²) in [5.41, 5.74) is 1.83. The second kappa shape index (κ2) is 10.6. The van der Waals surface area contributed by atoms with Gasteiger partial charge in [-0.05, 0) is 54.4 Å². The second-order valence-corrected chi connectivity index (χ2v) is 9.83. The van der Waals surface area contributed by atoms with Gasteiger partial charge in [-0.2, -0.15) is 4.31 Å². The molecule has 3 aromatic carbocycles. The quantitative estimate of drug-likeness (QED) is 0.500. The average molecular weight is 473 g/mol. The Bertz CT molecular complexity index is 1130. The number of amides is 1. The molecule has 8 heteroatoms. The van der Waals surface area contributed by atoms with Crippen molar-refractivity contribution in [2.24, 2.45) is 0 Å². The highest BCUT2D eigenvalue weighted by Crippen LogP contribution is 2.20. The first-order valence-electron chi connectivity index (χ1n) is 10.0. The lowest BCUT2D eigenvalue weighted by molar-refractivity contribution is -0.123.